The van der Waals surface area contributed by atoms with Gasteiger partial charge in [0.1, 0.15) is 5.82 Å². The molecule has 4 rings (SSSR count). The van der Waals surface area contributed by atoms with E-state index in [-0.39, 0.29) is 11.7 Å². The second kappa shape index (κ2) is 5.71. The van der Waals surface area contributed by atoms with Crippen LogP contribution in [0.5, 0.6) is 0 Å². The van der Waals surface area contributed by atoms with Crippen LogP contribution in [0, 0.1) is 12.7 Å². The van der Waals surface area contributed by atoms with Gasteiger partial charge in [-0.05, 0) is 55.7 Å². The number of hydrogen-bond acceptors (Lipinski definition) is 2. The highest BCUT2D eigenvalue weighted by Gasteiger charge is 2.25. The van der Waals surface area contributed by atoms with Crippen LogP contribution < -0.4 is 4.90 Å². The largest absolute Gasteiger partial charge is 0.308 e. The number of aromatic nitrogens is 1. The Kier molecular flexibility index (Phi) is 3.53. The van der Waals surface area contributed by atoms with Gasteiger partial charge in [-0.3, -0.25) is 9.78 Å². The molecule has 4 heteroatoms. The monoisotopic (exact) mass is 320 g/mol. The van der Waals surface area contributed by atoms with Crippen molar-refractivity contribution in [2.75, 3.05) is 11.4 Å². The van der Waals surface area contributed by atoms with Gasteiger partial charge in [-0.2, -0.15) is 0 Å². The van der Waals surface area contributed by atoms with E-state index in [1.54, 1.807) is 17.0 Å². The van der Waals surface area contributed by atoms with Crippen LogP contribution >= 0.6 is 0 Å². The molecule has 24 heavy (non-hydrogen) atoms. The number of anilines is 1. The third kappa shape index (κ3) is 2.44. The van der Waals surface area contributed by atoms with Crippen molar-refractivity contribution in [3.8, 4) is 0 Å². The molecule has 1 amide bonds. The molecule has 0 aliphatic carbocycles. The summed E-state index contributed by atoms with van der Waals surface area (Å²) in [5.41, 5.74) is 4.03. The van der Waals surface area contributed by atoms with Crippen molar-refractivity contribution in [3.05, 3.63) is 71.2 Å². The van der Waals surface area contributed by atoms with Crippen LogP contribution in [0.15, 0.2) is 48.5 Å². The maximum Gasteiger partial charge on any atom is 0.259 e. The Labute approximate surface area is 139 Å². The Morgan fingerprint density at radius 1 is 1.17 bits per heavy atom. The second-order valence-electron chi connectivity index (χ2n) is 6.16. The van der Waals surface area contributed by atoms with E-state index in [0.717, 1.165) is 24.2 Å². The molecule has 0 saturated carbocycles. The Hall–Kier alpha value is -2.75. The van der Waals surface area contributed by atoms with E-state index in [1.165, 1.54) is 17.7 Å². The molecule has 120 valence electrons. The molecule has 0 radical (unpaired) electrons. The Morgan fingerprint density at radius 3 is 2.88 bits per heavy atom. The number of pyridine rings is 1. The van der Waals surface area contributed by atoms with Gasteiger partial charge in [-0.25, -0.2) is 4.39 Å². The number of nitrogens with zero attached hydrogens (tertiary/aromatic N) is 2. The molecule has 0 spiro atoms. The Balaban J connectivity index is 1.87. The van der Waals surface area contributed by atoms with Crippen molar-refractivity contribution in [2.45, 2.75) is 19.8 Å². The molecule has 0 N–H and O–H groups in total. The summed E-state index contributed by atoms with van der Waals surface area (Å²) in [7, 11) is 0. The Bertz CT molecular complexity index is 952. The smallest absolute Gasteiger partial charge is 0.259 e. The van der Waals surface area contributed by atoms with E-state index in [2.05, 4.69) is 11.1 Å². The standard InChI is InChI=1S/C20H17FN2O/c1-13-11-17(16-12-15(21)8-9-18(16)22-13)20(24)23-10-4-6-14-5-2-3-7-19(14)23/h2-3,5,7-9,11-12H,4,6,10H2,1H3. The van der Waals surface area contributed by atoms with Gasteiger partial charge in [0.2, 0.25) is 0 Å². The van der Waals surface area contributed by atoms with Crippen molar-refractivity contribution >= 4 is 22.5 Å². The van der Waals surface area contributed by atoms with Crippen molar-refractivity contribution in [1.29, 1.82) is 0 Å². The molecule has 1 aliphatic rings. The average molecular weight is 320 g/mol. The number of fused-ring (bicyclic) bond motifs is 2. The molecule has 0 saturated heterocycles. The van der Waals surface area contributed by atoms with Gasteiger partial charge in [0.25, 0.3) is 5.91 Å². The topological polar surface area (TPSA) is 33.2 Å². The zero-order valence-electron chi connectivity index (χ0n) is 13.4. The van der Waals surface area contributed by atoms with Gasteiger partial charge in [0.05, 0.1) is 11.1 Å². The predicted molar refractivity (Wildman–Crippen MR) is 92.9 cm³/mol. The lowest BCUT2D eigenvalue weighted by atomic mass is 9.99. The minimum absolute atomic E-state index is 0.0942. The van der Waals surface area contributed by atoms with E-state index in [0.29, 0.717) is 23.0 Å². The van der Waals surface area contributed by atoms with Gasteiger partial charge in [0, 0.05) is 23.3 Å². The van der Waals surface area contributed by atoms with Gasteiger partial charge in [-0.15, -0.1) is 0 Å². The third-order valence-electron chi connectivity index (χ3n) is 4.48. The van der Waals surface area contributed by atoms with E-state index in [1.807, 2.05) is 25.1 Å². The third-order valence-corrected chi connectivity index (χ3v) is 4.48. The van der Waals surface area contributed by atoms with Crippen LogP contribution in [-0.4, -0.2) is 17.4 Å². The molecule has 0 atom stereocenters. The summed E-state index contributed by atoms with van der Waals surface area (Å²) in [5, 5.41) is 0.564. The molecule has 0 fully saturated rings. The molecule has 1 aromatic heterocycles. The fraction of sp³-hybridized carbons (Fsp3) is 0.200. The highest BCUT2D eigenvalue weighted by atomic mass is 19.1. The number of carbonyl (C=O) groups is 1. The minimum atomic E-state index is -0.360. The van der Waals surface area contributed by atoms with Gasteiger partial charge in [-0.1, -0.05) is 18.2 Å². The predicted octanol–water partition coefficient (Wildman–Crippen LogP) is 4.28. The van der Waals surface area contributed by atoms with Gasteiger partial charge in [0.15, 0.2) is 0 Å². The molecule has 0 unspecified atom stereocenters. The van der Waals surface area contributed by atoms with Crippen molar-refractivity contribution in [3.63, 3.8) is 0 Å². The summed E-state index contributed by atoms with van der Waals surface area (Å²) < 4.78 is 13.7. The maximum absolute atomic E-state index is 13.7. The number of hydrogen-bond donors (Lipinski definition) is 0. The van der Waals surface area contributed by atoms with E-state index in [9.17, 15) is 9.18 Å². The number of amides is 1. The first-order chi connectivity index (χ1) is 11.6. The summed E-state index contributed by atoms with van der Waals surface area (Å²) in [6.07, 6.45) is 1.91. The Morgan fingerprint density at radius 2 is 2.00 bits per heavy atom. The molecule has 0 bridgehead atoms. The maximum atomic E-state index is 13.7. The zero-order valence-corrected chi connectivity index (χ0v) is 13.4. The van der Waals surface area contributed by atoms with Crippen LogP contribution in [0.25, 0.3) is 10.9 Å². The normalized spacial score (nSPS) is 13.8. The highest BCUT2D eigenvalue weighted by molar-refractivity contribution is 6.14. The average Bonchev–Trinajstić information content (AvgIpc) is 2.60. The van der Waals surface area contributed by atoms with Crippen LogP contribution in [0.3, 0.4) is 0 Å². The van der Waals surface area contributed by atoms with Crippen molar-refractivity contribution < 1.29 is 9.18 Å². The number of rotatable bonds is 1. The van der Waals surface area contributed by atoms with Gasteiger partial charge < -0.3 is 4.90 Å². The number of halogens is 1. The lowest BCUT2D eigenvalue weighted by molar-refractivity contribution is 0.0986. The lowest BCUT2D eigenvalue weighted by Gasteiger charge is -2.30. The summed E-state index contributed by atoms with van der Waals surface area (Å²) >= 11 is 0. The summed E-state index contributed by atoms with van der Waals surface area (Å²) in [4.78, 5) is 19.4. The first kappa shape index (κ1) is 14.8. The van der Waals surface area contributed by atoms with Crippen molar-refractivity contribution in [1.82, 2.24) is 4.98 Å². The quantitative estimate of drug-likeness (QED) is 0.670. The summed E-state index contributed by atoms with van der Waals surface area (Å²) in [6.45, 7) is 2.53. The summed E-state index contributed by atoms with van der Waals surface area (Å²) in [6, 6.07) is 14.1. The first-order valence-corrected chi connectivity index (χ1v) is 8.10. The van der Waals surface area contributed by atoms with E-state index in [4.69, 9.17) is 0 Å². The fourth-order valence-electron chi connectivity index (χ4n) is 3.40. The van der Waals surface area contributed by atoms with E-state index < -0.39 is 0 Å². The second-order valence-corrected chi connectivity index (χ2v) is 6.16. The number of para-hydroxylation sites is 1. The van der Waals surface area contributed by atoms with Gasteiger partial charge >= 0.3 is 0 Å². The molecule has 3 aromatic rings. The number of aryl methyl sites for hydroxylation is 2. The van der Waals surface area contributed by atoms with Crippen LogP contribution in [0.1, 0.15) is 28.0 Å². The lowest BCUT2D eigenvalue weighted by Crippen LogP contribution is -2.35. The molecule has 2 heterocycles. The molecular formula is C20H17FN2O. The molecule has 3 nitrogen and oxygen atoms in total. The first-order valence-electron chi connectivity index (χ1n) is 8.10. The molecular weight excluding hydrogens is 303 g/mol. The van der Waals surface area contributed by atoms with E-state index >= 15 is 0 Å². The SMILES string of the molecule is Cc1cc(C(=O)N2CCCc3ccccc32)c2cc(F)ccc2n1. The molecule has 1 aliphatic heterocycles. The number of benzene rings is 2. The van der Waals surface area contributed by atoms with Crippen LogP contribution in [0.4, 0.5) is 10.1 Å². The molecule has 2 aromatic carbocycles. The number of carbonyl (C=O) groups excluding carboxylic acids is 1. The highest BCUT2D eigenvalue weighted by Crippen LogP contribution is 2.30. The van der Waals surface area contributed by atoms with Crippen molar-refractivity contribution in [2.24, 2.45) is 0 Å². The van der Waals surface area contributed by atoms with Crippen LogP contribution in [0.2, 0.25) is 0 Å². The minimum Gasteiger partial charge on any atom is -0.308 e. The fourth-order valence-corrected chi connectivity index (χ4v) is 3.40. The van der Waals surface area contributed by atoms with Crippen LogP contribution in [-0.2, 0) is 6.42 Å². The zero-order chi connectivity index (χ0) is 16.7. The summed E-state index contributed by atoms with van der Waals surface area (Å²) in [5.74, 6) is -0.454.